The van der Waals surface area contributed by atoms with Crippen LogP contribution in [-0.4, -0.2) is 26.7 Å². The molecule has 0 unspecified atom stereocenters. The van der Waals surface area contributed by atoms with E-state index in [1.54, 1.807) is 12.1 Å². The van der Waals surface area contributed by atoms with Crippen molar-refractivity contribution in [2.24, 2.45) is 0 Å². The number of hydrogen-bond acceptors (Lipinski definition) is 7. The number of hydrogen-bond donors (Lipinski definition) is 0. The van der Waals surface area contributed by atoms with Crippen molar-refractivity contribution in [1.29, 1.82) is 0 Å². The highest BCUT2D eigenvalue weighted by Crippen LogP contribution is 2.26. The van der Waals surface area contributed by atoms with Gasteiger partial charge in [0.15, 0.2) is 0 Å². The number of benzene rings is 2. The third-order valence-electron chi connectivity index (χ3n) is 4.77. The van der Waals surface area contributed by atoms with E-state index in [9.17, 15) is 10.1 Å². The Labute approximate surface area is 178 Å². The molecule has 0 bridgehead atoms. The molecule has 0 N–H and O–H groups in total. The zero-order valence-electron chi connectivity index (χ0n) is 16.9. The van der Waals surface area contributed by atoms with Gasteiger partial charge in [0.2, 0.25) is 11.8 Å². The molecule has 8 heteroatoms. The van der Waals surface area contributed by atoms with E-state index >= 15 is 0 Å². The summed E-state index contributed by atoms with van der Waals surface area (Å²) in [6.07, 6.45) is 3.61. The molecule has 0 aliphatic heterocycles. The first-order valence-corrected chi connectivity index (χ1v) is 9.88. The maximum Gasteiger partial charge on any atom is 0.269 e. The Bertz CT molecular complexity index is 1150. The van der Waals surface area contributed by atoms with Crippen molar-refractivity contribution in [2.75, 3.05) is 6.61 Å². The Morgan fingerprint density at radius 3 is 2.13 bits per heavy atom. The first kappa shape index (κ1) is 20.2. The summed E-state index contributed by atoms with van der Waals surface area (Å²) in [5.41, 5.74) is 3.60. The van der Waals surface area contributed by atoms with Crippen LogP contribution in [0.25, 0.3) is 22.9 Å². The largest absolute Gasteiger partial charge is 0.493 e. The van der Waals surface area contributed by atoms with Crippen molar-refractivity contribution in [3.63, 3.8) is 0 Å². The fraction of sp³-hybridized carbons (Fsp3) is 0.174. The van der Waals surface area contributed by atoms with Crippen LogP contribution in [0.1, 0.15) is 18.2 Å². The molecule has 156 valence electrons. The molecular weight excluding hydrogens is 396 g/mol. The standard InChI is InChI=1S/C23H20N4O4/c1-2-16-3-8-19(24-15-16)13-14-30-21-11-6-18(7-12-21)23-26-25-22(31-23)17-4-9-20(10-5-17)27(28)29/h3-12,15H,2,13-14H2,1H3. The molecule has 0 amide bonds. The number of aryl methyl sites for hydroxylation is 1. The smallest absolute Gasteiger partial charge is 0.269 e. The van der Waals surface area contributed by atoms with Gasteiger partial charge in [-0.2, -0.15) is 0 Å². The summed E-state index contributed by atoms with van der Waals surface area (Å²) in [5.74, 6) is 1.40. The van der Waals surface area contributed by atoms with Gasteiger partial charge in [0.1, 0.15) is 5.75 Å². The number of nitro groups is 1. The predicted octanol–water partition coefficient (Wildman–Crippen LogP) is 4.89. The monoisotopic (exact) mass is 416 g/mol. The summed E-state index contributed by atoms with van der Waals surface area (Å²) in [4.78, 5) is 14.7. The maximum atomic E-state index is 10.8. The predicted molar refractivity (Wildman–Crippen MR) is 115 cm³/mol. The Kier molecular flexibility index (Phi) is 5.98. The Hall–Kier alpha value is -4.07. The first-order chi connectivity index (χ1) is 15.1. The third-order valence-corrected chi connectivity index (χ3v) is 4.77. The molecule has 0 aliphatic rings. The van der Waals surface area contributed by atoms with Crippen LogP contribution in [0.5, 0.6) is 5.75 Å². The number of nitro benzene ring substituents is 1. The third kappa shape index (κ3) is 4.92. The molecule has 0 radical (unpaired) electrons. The molecule has 2 heterocycles. The second-order valence-corrected chi connectivity index (χ2v) is 6.85. The van der Waals surface area contributed by atoms with Crippen LogP contribution < -0.4 is 4.74 Å². The van der Waals surface area contributed by atoms with E-state index in [2.05, 4.69) is 28.2 Å². The van der Waals surface area contributed by atoms with E-state index in [4.69, 9.17) is 9.15 Å². The van der Waals surface area contributed by atoms with Crippen LogP contribution in [0, 0.1) is 10.1 Å². The van der Waals surface area contributed by atoms with Crippen LogP contribution in [0.15, 0.2) is 71.3 Å². The highest BCUT2D eigenvalue weighted by atomic mass is 16.6. The van der Waals surface area contributed by atoms with E-state index in [1.165, 1.54) is 17.7 Å². The molecule has 0 saturated carbocycles. The van der Waals surface area contributed by atoms with Crippen LogP contribution in [0.2, 0.25) is 0 Å². The van der Waals surface area contributed by atoms with Gasteiger partial charge >= 0.3 is 0 Å². The summed E-state index contributed by atoms with van der Waals surface area (Å²) < 4.78 is 11.5. The van der Waals surface area contributed by atoms with E-state index in [-0.39, 0.29) is 5.69 Å². The van der Waals surface area contributed by atoms with Crippen molar-refractivity contribution < 1.29 is 14.1 Å². The van der Waals surface area contributed by atoms with Gasteiger partial charge in [0, 0.05) is 41.6 Å². The Morgan fingerprint density at radius 2 is 1.58 bits per heavy atom. The second-order valence-electron chi connectivity index (χ2n) is 6.85. The van der Waals surface area contributed by atoms with E-state index in [1.807, 2.05) is 36.5 Å². The summed E-state index contributed by atoms with van der Waals surface area (Å²) in [7, 11) is 0. The Morgan fingerprint density at radius 1 is 0.935 bits per heavy atom. The summed E-state index contributed by atoms with van der Waals surface area (Å²) in [5, 5.41) is 18.9. The fourth-order valence-corrected chi connectivity index (χ4v) is 2.96. The minimum atomic E-state index is -0.453. The lowest BCUT2D eigenvalue weighted by Gasteiger charge is -2.06. The quantitative estimate of drug-likeness (QED) is 0.297. The molecule has 2 aromatic heterocycles. The first-order valence-electron chi connectivity index (χ1n) is 9.88. The van der Waals surface area contributed by atoms with Crippen LogP contribution in [-0.2, 0) is 12.8 Å². The van der Waals surface area contributed by atoms with Gasteiger partial charge in [0.25, 0.3) is 5.69 Å². The molecule has 0 saturated heterocycles. The zero-order chi connectivity index (χ0) is 21.6. The number of nitrogens with zero attached hydrogens (tertiary/aromatic N) is 4. The average molecular weight is 416 g/mol. The second kappa shape index (κ2) is 9.17. The fourth-order valence-electron chi connectivity index (χ4n) is 2.96. The number of aromatic nitrogens is 3. The lowest BCUT2D eigenvalue weighted by Crippen LogP contribution is -2.03. The van der Waals surface area contributed by atoms with E-state index < -0.39 is 4.92 Å². The van der Waals surface area contributed by atoms with Crippen LogP contribution in [0.4, 0.5) is 5.69 Å². The molecule has 4 aromatic rings. The molecular formula is C23H20N4O4. The van der Waals surface area contributed by atoms with E-state index in [0.29, 0.717) is 24.0 Å². The van der Waals surface area contributed by atoms with Gasteiger partial charge in [-0.3, -0.25) is 15.1 Å². The summed E-state index contributed by atoms with van der Waals surface area (Å²) in [6.45, 7) is 2.64. The van der Waals surface area contributed by atoms with Gasteiger partial charge in [-0.1, -0.05) is 13.0 Å². The molecule has 31 heavy (non-hydrogen) atoms. The molecule has 8 nitrogen and oxygen atoms in total. The van der Waals surface area contributed by atoms with Crippen molar-refractivity contribution in [1.82, 2.24) is 15.2 Å². The zero-order valence-corrected chi connectivity index (χ0v) is 16.9. The Balaban J connectivity index is 1.36. The minimum Gasteiger partial charge on any atom is -0.493 e. The maximum absolute atomic E-state index is 10.8. The van der Waals surface area contributed by atoms with Gasteiger partial charge < -0.3 is 9.15 Å². The number of rotatable bonds is 8. The SMILES string of the molecule is CCc1ccc(CCOc2ccc(-c3nnc(-c4ccc([N+](=O)[O-])cc4)o3)cc2)nc1. The molecule has 4 rings (SSSR count). The minimum absolute atomic E-state index is 0.00725. The summed E-state index contributed by atoms with van der Waals surface area (Å²) >= 11 is 0. The van der Waals surface area contributed by atoms with Gasteiger partial charge in [-0.25, -0.2) is 0 Å². The van der Waals surface area contributed by atoms with E-state index in [0.717, 1.165) is 29.8 Å². The summed E-state index contributed by atoms with van der Waals surface area (Å²) in [6, 6.07) is 17.5. The molecule has 0 atom stereocenters. The topological polar surface area (TPSA) is 104 Å². The van der Waals surface area contributed by atoms with Crippen LogP contribution in [0.3, 0.4) is 0 Å². The molecule has 2 aromatic carbocycles. The van der Waals surface area contributed by atoms with Crippen molar-refractivity contribution in [2.45, 2.75) is 19.8 Å². The number of ether oxygens (including phenoxy) is 1. The highest BCUT2D eigenvalue weighted by molar-refractivity contribution is 5.59. The number of non-ortho nitro benzene ring substituents is 1. The number of pyridine rings is 1. The highest BCUT2D eigenvalue weighted by Gasteiger charge is 2.12. The molecule has 0 fully saturated rings. The molecule has 0 aliphatic carbocycles. The van der Waals surface area contributed by atoms with Gasteiger partial charge in [0.05, 0.1) is 11.5 Å². The average Bonchev–Trinajstić information content (AvgIpc) is 3.30. The molecule has 0 spiro atoms. The van der Waals surface area contributed by atoms with Crippen molar-refractivity contribution in [3.05, 3.63) is 88.2 Å². The lowest BCUT2D eigenvalue weighted by atomic mass is 10.2. The van der Waals surface area contributed by atoms with Crippen molar-refractivity contribution in [3.8, 4) is 28.7 Å². The normalized spacial score (nSPS) is 10.7. The lowest BCUT2D eigenvalue weighted by molar-refractivity contribution is -0.384. The van der Waals surface area contributed by atoms with Gasteiger partial charge in [-0.15, -0.1) is 10.2 Å². The van der Waals surface area contributed by atoms with Gasteiger partial charge in [-0.05, 0) is 54.4 Å². The van der Waals surface area contributed by atoms with Crippen molar-refractivity contribution >= 4 is 5.69 Å². The van der Waals surface area contributed by atoms with Crippen LogP contribution >= 0.6 is 0 Å².